The van der Waals surface area contributed by atoms with E-state index in [0.29, 0.717) is 0 Å². The van der Waals surface area contributed by atoms with E-state index in [2.05, 4.69) is 92.8 Å². The van der Waals surface area contributed by atoms with E-state index in [-0.39, 0.29) is 6.10 Å². The predicted molar refractivity (Wildman–Crippen MR) is 141 cm³/mol. The minimum Gasteiger partial charge on any atom is -0.126 e. The maximum absolute atomic E-state index is 9.89. The van der Waals surface area contributed by atoms with Gasteiger partial charge in [-0.3, -0.25) is 0 Å². The van der Waals surface area contributed by atoms with Gasteiger partial charge in [-0.2, -0.15) is 0 Å². The number of rotatable bonds is 0. The summed E-state index contributed by atoms with van der Waals surface area (Å²) in [5.41, 5.74) is 5.78. The Balaban J connectivity index is 0.000000183. The Labute approximate surface area is 213 Å². The van der Waals surface area contributed by atoms with Gasteiger partial charge in [0.05, 0.1) is 0 Å². The summed E-state index contributed by atoms with van der Waals surface area (Å²) in [7, 11) is 11.0. The van der Waals surface area contributed by atoms with Crippen molar-refractivity contribution in [2.45, 2.75) is 40.0 Å². The Kier molecular flexibility index (Phi) is 11.5. The first-order valence-corrected chi connectivity index (χ1v) is 18.8. The predicted octanol–water partition coefficient (Wildman–Crippen LogP) is 8.63. The van der Waals surface area contributed by atoms with Crippen LogP contribution in [-0.4, -0.2) is 14.6 Å². The molecular formula is C27H29Cl2OSiZr-. The summed E-state index contributed by atoms with van der Waals surface area (Å²) >= 11 is -0.826. The van der Waals surface area contributed by atoms with Crippen LogP contribution in [0.3, 0.4) is 0 Å². The van der Waals surface area contributed by atoms with E-state index < -0.39 is 20.8 Å². The zero-order valence-corrected chi connectivity index (χ0v) is 24.2. The third-order valence-electron chi connectivity index (χ3n) is 5.32. The molecule has 1 aliphatic carbocycles. The van der Waals surface area contributed by atoms with Gasteiger partial charge in [-0.15, -0.1) is 39.7 Å². The number of benzene rings is 3. The van der Waals surface area contributed by atoms with Crippen molar-refractivity contribution in [3.63, 3.8) is 0 Å². The number of aliphatic hydroxyl groups excluding tert-OH is 1. The fraction of sp³-hybridized carbons (Fsp3) is 0.222. The van der Waals surface area contributed by atoms with Crippen molar-refractivity contribution in [1.29, 1.82) is 0 Å². The van der Waals surface area contributed by atoms with Gasteiger partial charge >= 0.3 is 37.9 Å². The van der Waals surface area contributed by atoms with Crippen molar-refractivity contribution >= 4 is 54.2 Å². The van der Waals surface area contributed by atoms with Crippen molar-refractivity contribution < 1.29 is 26.0 Å². The van der Waals surface area contributed by atoms with Crippen LogP contribution in [0, 0.1) is 13.8 Å². The van der Waals surface area contributed by atoms with Gasteiger partial charge in [0.1, 0.15) is 6.10 Å². The fourth-order valence-electron chi connectivity index (χ4n) is 3.85. The Morgan fingerprint density at radius 1 is 0.812 bits per heavy atom. The molecule has 0 bridgehead atoms. The van der Waals surface area contributed by atoms with Crippen molar-refractivity contribution in [2.24, 2.45) is 0 Å². The first-order chi connectivity index (χ1) is 15.4. The molecule has 2 radical (unpaired) electrons. The average molecular weight is 560 g/mol. The minimum absolute atomic E-state index is 0.380. The molecule has 1 N–H and O–H groups in total. The van der Waals surface area contributed by atoms with E-state index in [1.165, 1.54) is 38.2 Å². The largest absolute Gasteiger partial charge is 0.126 e. The van der Waals surface area contributed by atoms with E-state index in [1.807, 2.05) is 13.8 Å². The Morgan fingerprint density at radius 2 is 1.25 bits per heavy atom. The van der Waals surface area contributed by atoms with Crippen LogP contribution in [0.4, 0.5) is 0 Å². The molecule has 1 aliphatic rings. The van der Waals surface area contributed by atoms with Gasteiger partial charge in [-0.25, -0.2) is 0 Å². The van der Waals surface area contributed by atoms with E-state index in [9.17, 15) is 5.11 Å². The molecule has 1 atom stereocenters. The molecule has 0 spiro atoms. The summed E-state index contributed by atoms with van der Waals surface area (Å²) in [6, 6.07) is 23.5. The van der Waals surface area contributed by atoms with Crippen molar-refractivity contribution in [3.05, 3.63) is 94.6 Å². The first kappa shape index (κ1) is 27.2. The van der Waals surface area contributed by atoms with Gasteiger partial charge < -0.3 is 5.11 Å². The zero-order valence-electron chi connectivity index (χ0n) is 19.2. The van der Waals surface area contributed by atoms with Crippen molar-refractivity contribution in [1.82, 2.24) is 0 Å². The van der Waals surface area contributed by atoms with E-state index in [1.54, 1.807) is 0 Å². The third-order valence-corrected chi connectivity index (χ3v) is 5.32. The van der Waals surface area contributed by atoms with Gasteiger partial charge in [-0.1, -0.05) is 67.7 Å². The Morgan fingerprint density at radius 3 is 1.72 bits per heavy atom. The normalized spacial score (nSPS) is 13.6. The van der Waals surface area contributed by atoms with Crippen LogP contribution in [-0.2, 0) is 20.8 Å². The van der Waals surface area contributed by atoms with Crippen molar-refractivity contribution in [2.75, 3.05) is 0 Å². The summed E-state index contributed by atoms with van der Waals surface area (Å²) in [6.07, 6.45) is 1.71. The maximum Gasteiger partial charge on any atom is -0.0771 e. The van der Waals surface area contributed by atoms with Crippen LogP contribution < -0.4 is 0 Å². The van der Waals surface area contributed by atoms with E-state index in [4.69, 9.17) is 17.0 Å². The molecule has 166 valence electrons. The summed E-state index contributed by atoms with van der Waals surface area (Å²) in [5, 5.41) is 15.3. The fourth-order valence-corrected chi connectivity index (χ4v) is 3.85. The SMILES string of the molecule is CC1=Cc2c(C)ccc(C)c2C1O.C[Si]C.[Cl][Zr][Cl].c1ccc2c(c1)[cH-]c1ccccc12. The summed E-state index contributed by atoms with van der Waals surface area (Å²) in [5.74, 6) is 0. The van der Waals surface area contributed by atoms with E-state index in [0.717, 1.165) is 20.7 Å². The molecule has 0 amide bonds. The van der Waals surface area contributed by atoms with Crippen LogP contribution in [0.1, 0.15) is 35.3 Å². The van der Waals surface area contributed by atoms with Gasteiger partial charge in [0.15, 0.2) is 0 Å². The number of aryl methyl sites for hydroxylation is 2. The molecule has 0 saturated carbocycles. The molecule has 0 aliphatic heterocycles. The number of aliphatic hydroxyl groups is 1. The molecule has 1 nitrogen and oxygen atoms in total. The number of halogens is 2. The number of fused-ring (bicyclic) bond motifs is 4. The van der Waals surface area contributed by atoms with Gasteiger partial charge in [0, 0.05) is 9.52 Å². The smallest absolute Gasteiger partial charge is 0.0771 e. The molecule has 0 aromatic heterocycles. The van der Waals surface area contributed by atoms with Crippen LogP contribution in [0.5, 0.6) is 0 Å². The van der Waals surface area contributed by atoms with Crippen LogP contribution in [0.15, 0.2) is 72.3 Å². The Bertz CT molecular complexity index is 1130. The summed E-state index contributed by atoms with van der Waals surface area (Å²) in [6.45, 7) is 10.4. The second-order valence-corrected chi connectivity index (χ2v) is 12.4. The number of hydrogen-bond donors (Lipinski definition) is 1. The second kappa shape index (κ2) is 13.6. The van der Waals surface area contributed by atoms with E-state index >= 15 is 0 Å². The molecule has 0 heterocycles. The molecular weight excluding hydrogens is 531 g/mol. The molecule has 4 aromatic rings. The van der Waals surface area contributed by atoms with Crippen molar-refractivity contribution in [3.8, 4) is 0 Å². The van der Waals surface area contributed by atoms with Gasteiger partial charge in [0.2, 0.25) is 0 Å². The summed E-state index contributed by atoms with van der Waals surface area (Å²) < 4.78 is 0. The minimum atomic E-state index is -0.826. The monoisotopic (exact) mass is 557 g/mol. The number of hydrogen-bond acceptors (Lipinski definition) is 1. The Hall–Kier alpha value is -1.09. The molecule has 32 heavy (non-hydrogen) atoms. The second-order valence-electron chi connectivity index (χ2n) is 7.71. The van der Waals surface area contributed by atoms with Gasteiger partial charge in [-0.05, 0) is 48.6 Å². The average Bonchev–Trinajstić information content (AvgIpc) is 3.31. The molecule has 0 saturated heterocycles. The zero-order chi connectivity index (χ0) is 23.7. The topological polar surface area (TPSA) is 20.2 Å². The van der Waals surface area contributed by atoms with Crippen LogP contribution >= 0.6 is 17.0 Å². The third kappa shape index (κ3) is 6.72. The summed E-state index contributed by atoms with van der Waals surface area (Å²) in [4.78, 5) is 0. The standard InChI is InChI=1S/C13H9.C12H14O.C2H6Si.2ClH.Zr/c1-3-7-12-10(5-1)9-11-6-2-4-8-13(11)12;1-7-4-5-8(2)11-10(7)6-9(3)12(11)13;1-3-2;;;/h1-9H;4-6,12-13H,1-3H3;1-2H3;2*1H;/q-1;;;;;+2/p-2. The molecule has 4 aromatic carbocycles. The molecule has 0 fully saturated rings. The van der Waals surface area contributed by atoms with Crippen LogP contribution in [0.25, 0.3) is 27.6 Å². The molecule has 5 rings (SSSR count). The molecule has 5 heteroatoms. The van der Waals surface area contributed by atoms with Crippen LogP contribution in [0.2, 0.25) is 13.1 Å². The first-order valence-electron chi connectivity index (χ1n) is 10.4. The van der Waals surface area contributed by atoms with Gasteiger partial charge in [0.25, 0.3) is 0 Å². The maximum atomic E-state index is 9.89. The molecule has 1 unspecified atom stereocenters. The quantitative estimate of drug-likeness (QED) is 0.169.